The summed E-state index contributed by atoms with van der Waals surface area (Å²) in [5, 5.41) is 13.6. The van der Waals surface area contributed by atoms with Gasteiger partial charge in [-0.05, 0) is 49.3 Å². The summed E-state index contributed by atoms with van der Waals surface area (Å²) >= 11 is 0. The van der Waals surface area contributed by atoms with E-state index in [0.717, 1.165) is 12.5 Å². The number of nitrogens with one attached hydrogen (secondary N) is 1. The number of fused-ring (bicyclic) bond motifs is 1. The molecule has 2 heteroatoms. The zero-order valence-electron chi connectivity index (χ0n) is 9.58. The summed E-state index contributed by atoms with van der Waals surface area (Å²) in [6, 6.07) is 7.14. The Balaban J connectivity index is 1.84. The van der Waals surface area contributed by atoms with Gasteiger partial charge in [-0.15, -0.1) is 0 Å². The second-order valence-corrected chi connectivity index (χ2v) is 5.08. The Morgan fingerprint density at radius 2 is 2.00 bits per heavy atom. The van der Waals surface area contributed by atoms with E-state index < -0.39 is 0 Å². The zero-order chi connectivity index (χ0) is 11.0. The van der Waals surface area contributed by atoms with Gasteiger partial charge >= 0.3 is 0 Å². The topological polar surface area (TPSA) is 32.3 Å². The smallest absolute Gasteiger partial charge is 0.119 e. The summed E-state index contributed by atoms with van der Waals surface area (Å²) in [6.45, 7) is 0. The molecule has 86 valence electrons. The van der Waals surface area contributed by atoms with Gasteiger partial charge in [0, 0.05) is 12.1 Å². The van der Waals surface area contributed by atoms with Gasteiger partial charge in [-0.1, -0.05) is 18.6 Å². The van der Waals surface area contributed by atoms with Gasteiger partial charge < -0.3 is 10.4 Å². The number of rotatable bonds is 2. The Hall–Kier alpha value is -1.02. The Labute approximate surface area is 96.7 Å². The van der Waals surface area contributed by atoms with Crippen LogP contribution in [0.25, 0.3) is 0 Å². The summed E-state index contributed by atoms with van der Waals surface area (Å²) < 4.78 is 0. The largest absolute Gasteiger partial charge is 0.508 e. The normalized spacial score (nSPS) is 24.9. The van der Waals surface area contributed by atoms with Crippen LogP contribution in [0.1, 0.15) is 49.3 Å². The molecule has 1 atom stereocenters. The van der Waals surface area contributed by atoms with Crippen molar-refractivity contribution < 1.29 is 5.11 Å². The number of hydrogen-bond donors (Lipinski definition) is 2. The van der Waals surface area contributed by atoms with Crippen LogP contribution in [0.15, 0.2) is 18.2 Å². The molecule has 1 aromatic carbocycles. The van der Waals surface area contributed by atoms with E-state index in [1.165, 1.54) is 43.2 Å². The zero-order valence-corrected chi connectivity index (χ0v) is 9.58. The van der Waals surface area contributed by atoms with Gasteiger partial charge in [0.05, 0.1) is 0 Å². The van der Waals surface area contributed by atoms with Crippen molar-refractivity contribution in [3.8, 4) is 5.75 Å². The molecule has 2 aliphatic rings. The molecule has 0 aromatic heterocycles. The number of phenolic OH excluding ortho intramolecular Hbond substituents is 1. The lowest BCUT2D eigenvalue weighted by atomic mass is 9.84. The number of aromatic hydroxyl groups is 1. The lowest BCUT2D eigenvalue weighted by Crippen LogP contribution is -2.39. The fraction of sp³-hybridized carbons (Fsp3) is 0.571. The van der Waals surface area contributed by atoms with Gasteiger partial charge in [-0.25, -0.2) is 0 Å². The third-order valence-electron chi connectivity index (χ3n) is 4.02. The van der Waals surface area contributed by atoms with Crippen LogP contribution in [-0.4, -0.2) is 11.1 Å². The highest BCUT2D eigenvalue weighted by Gasteiger charge is 2.26. The molecule has 16 heavy (non-hydrogen) atoms. The predicted octanol–water partition coefficient (Wildman–Crippen LogP) is 2.91. The highest BCUT2D eigenvalue weighted by Crippen LogP contribution is 2.36. The van der Waals surface area contributed by atoms with Crippen LogP contribution in [0.3, 0.4) is 0 Å². The average Bonchev–Trinajstić information content (AvgIpc) is 2.24. The monoisotopic (exact) mass is 217 g/mol. The highest BCUT2D eigenvalue weighted by atomic mass is 16.3. The summed E-state index contributed by atoms with van der Waals surface area (Å²) in [5.74, 6) is 0.484. The first-order chi connectivity index (χ1) is 7.84. The molecule has 0 aliphatic heterocycles. The Bertz CT molecular complexity index is 384. The molecule has 0 heterocycles. The Kier molecular flexibility index (Phi) is 2.60. The van der Waals surface area contributed by atoms with E-state index in [1.54, 1.807) is 0 Å². The maximum atomic E-state index is 9.85. The minimum Gasteiger partial charge on any atom is -0.508 e. The maximum Gasteiger partial charge on any atom is 0.119 e. The lowest BCUT2D eigenvalue weighted by Gasteiger charge is -2.34. The Morgan fingerprint density at radius 3 is 2.75 bits per heavy atom. The van der Waals surface area contributed by atoms with E-state index in [4.69, 9.17) is 0 Å². The molecule has 2 aliphatic carbocycles. The third kappa shape index (κ3) is 1.71. The molecule has 0 amide bonds. The van der Waals surface area contributed by atoms with Crippen molar-refractivity contribution in [2.75, 3.05) is 0 Å². The maximum absolute atomic E-state index is 9.85. The first-order valence-electron chi connectivity index (χ1n) is 6.41. The molecule has 1 fully saturated rings. The molecular weight excluding hydrogens is 198 g/mol. The third-order valence-corrected chi connectivity index (χ3v) is 4.02. The van der Waals surface area contributed by atoms with Crippen molar-refractivity contribution >= 4 is 0 Å². The fourth-order valence-corrected chi connectivity index (χ4v) is 2.86. The molecule has 2 nitrogen and oxygen atoms in total. The molecule has 0 saturated heterocycles. The number of hydrogen-bond acceptors (Lipinski definition) is 2. The Morgan fingerprint density at radius 1 is 1.12 bits per heavy atom. The minimum absolute atomic E-state index is 0.473. The number of phenols is 1. The van der Waals surface area contributed by atoms with E-state index in [9.17, 15) is 5.11 Å². The fourth-order valence-electron chi connectivity index (χ4n) is 2.86. The minimum atomic E-state index is 0.473. The van der Waals surface area contributed by atoms with Gasteiger partial charge in [-0.2, -0.15) is 0 Å². The summed E-state index contributed by atoms with van der Waals surface area (Å²) in [6.07, 6.45) is 7.46. The molecule has 1 saturated carbocycles. The van der Waals surface area contributed by atoms with Crippen LogP contribution < -0.4 is 5.32 Å². The lowest BCUT2D eigenvalue weighted by molar-refractivity contribution is 0.289. The van der Waals surface area contributed by atoms with E-state index in [2.05, 4.69) is 11.4 Å². The van der Waals surface area contributed by atoms with E-state index >= 15 is 0 Å². The molecule has 1 aromatic rings. The summed E-state index contributed by atoms with van der Waals surface area (Å²) in [4.78, 5) is 0. The standard InChI is InChI=1S/C14H19NO/c16-14-9-3-6-11-12(14)7-2-8-13(11)15-10-4-1-5-10/h3,6,9-10,13,15-16H,1-2,4-5,7-8H2. The number of benzene rings is 1. The van der Waals surface area contributed by atoms with Crippen molar-refractivity contribution in [1.82, 2.24) is 5.32 Å². The van der Waals surface area contributed by atoms with Gasteiger partial charge in [0.25, 0.3) is 0 Å². The second kappa shape index (κ2) is 4.10. The first-order valence-corrected chi connectivity index (χ1v) is 6.41. The molecule has 2 N–H and O–H groups in total. The van der Waals surface area contributed by atoms with Crippen LogP contribution in [0, 0.1) is 0 Å². The average molecular weight is 217 g/mol. The van der Waals surface area contributed by atoms with E-state index in [1.807, 2.05) is 12.1 Å². The van der Waals surface area contributed by atoms with Crippen LogP contribution in [0.5, 0.6) is 5.75 Å². The summed E-state index contributed by atoms with van der Waals surface area (Å²) in [5.41, 5.74) is 2.50. The van der Waals surface area contributed by atoms with E-state index in [-0.39, 0.29) is 0 Å². The molecule has 1 unspecified atom stereocenters. The molecule has 3 rings (SSSR count). The van der Waals surface area contributed by atoms with Crippen LogP contribution in [0.4, 0.5) is 0 Å². The van der Waals surface area contributed by atoms with Gasteiger partial charge in [-0.3, -0.25) is 0 Å². The SMILES string of the molecule is Oc1cccc2c1CCCC2NC1CCC1. The second-order valence-electron chi connectivity index (χ2n) is 5.08. The van der Waals surface area contributed by atoms with Crippen LogP contribution in [0.2, 0.25) is 0 Å². The van der Waals surface area contributed by atoms with Gasteiger partial charge in [0.2, 0.25) is 0 Å². The van der Waals surface area contributed by atoms with E-state index in [0.29, 0.717) is 11.8 Å². The molecule has 0 bridgehead atoms. The highest BCUT2D eigenvalue weighted by molar-refractivity contribution is 5.42. The quantitative estimate of drug-likeness (QED) is 0.798. The van der Waals surface area contributed by atoms with Crippen LogP contribution >= 0.6 is 0 Å². The summed E-state index contributed by atoms with van der Waals surface area (Å²) in [7, 11) is 0. The van der Waals surface area contributed by atoms with Crippen molar-refractivity contribution in [2.24, 2.45) is 0 Å². The molecular formula is C14H19NO. The molecule has 0 radical (unpaired) electrons. The van der Waals surface area contributed by atoms with Crippen molar-refractivity contribution in [3.63, 3.8) is 0 Å². The first kappa shape index (κ1) is 10.2. The van der Waals surface area contributed by atoms with Gasteiger partial charge in [0.15, 0.2) is 0 Å². The predicted molar refractivity (Wildman–Crippen MR) is 64.6 cm³/mol. The van der Waals surface area contributed by atoms with Crippen molar-refractivity contribution in [1.29, 1.82) is 0 Å². The van der Waals surface area contributed by atoms with Crippen LogP contribution in [-0.2, 0) is 6.42 Å². The molecule has 0 spiro atoms. The van der Waals surface area contributed by atoms with Gasteiger partial charge in [0.1, 0.15) is 5.75 Å². The van der Waals surface area contributed by atoms with Crippen molar-refractivity contribution in [2.45, 2.75) is 50.6 Å². The van der Waals surface area contributed by atoms with Crippen molar-refractivity contribution in [3.05, 3.63) is 29.3 Å².